The van der Waals surface area contributed by atoms with Crippen LogP contribution in [0, 0.1) is 0 Å². The zero-order chi connectivity index (χ0) is 16.1. The third-order valence-electron chi connectivity index (χ3n) is 3.20. The summed E-state index contributed by atoms with van der Waals surface area (Å²) in [6.45, 7) is 5.08. The Labute approximate surface area is 139 Å². The summed E-state index contributed by atoms with van der Waals surface area (Å²) in [5.74, 6) is 1.54. The third kappa shape index (κ3) is 4.34. The zero-order valence-electron chi connectivity index (χ0n) is 13.2. The molecule has 0 amide bonds. The second kappa shape index (κ2) is 7.30. The molecule has 0 radical (unpaired) electrons. The molecule has 3 aromatic heterocycles. The number of thiazole rings is 1. The van der Waals surface area contributed by atoms with Crippen LogP contribution in [0.4, 0.5) is 11.6 Å². The van der Waals surface area contributed by atoms with Crippen LogP contribution in [0.25, 0.3) is 10.7 Å². The van der Waals surface area contributed by atoms with Gasteiger partial charge in [0.05, 0.1) is 0 Å². The number of aromatic nitrogens is 3. The summed E-state index contributed by atoms with van der Waals surface area (Å²) in [6.07, 6.45) is 3.66. The van der Waals surface area contributed by atoms with Crippen LogP contribution in [-0.2, 0) is 6.54 Å². The first kappa shape index (κ1) is 15.6. The van der Waals surface area contributed by atoms with Gasteiger partial charge in [-0.3, -0.25) is 0 Å². The molecule has 0 aliphatic rings. The van der Waals surface area contributed by atoms with E-state index in [9.17, 15) is 0 Å². The van der Waals surface area contributed by atoms with Gasteiger partial charge in [-0.2, -0.15) is 0 Å². The topological polar surface area (TPSA) is 62.7 Å². The third-order valence-corrected chi connectivity index (χ3v) is 3.99. The van der Waals surface area contributed by atoms with Crippen LogP contribution in [0.2, 0.25) is 0 Å². The van der Waals surface area contributed by atoms with E-state index < -0.39 is 0 Å². The van der Waals surface area contributed by atoms with E-state index in [1.165, 1.54) is 0 Å². The highest BCUT2D eigenvalue weighted by molar-refractivity contribution is 7.13. The van der Waals surface area contributed by atoms with Gasteiger partial charge in [0.25, 0.3) is 0 Å². The van der Waals surface area contributed by atoms with Crippen molar-refractivity contribution in [1.29, 1.82) is 0 Å². The molecule has 0 bridgehead atoms. The van der Waals surface area contributed by atoms with Gasteiger partial charge in [-0.15, -0.1) is 11.3 Å². The van der Waals surface area contributed by atoms with Crippen molar-refractivity contribution in [2.45, 2.75) is 26.4 Å². The quantitative estimate of drug-likeness (QED) is 0.721. The van der Waals surface area contributed by atoms with Crippen molar-refractivity contribution in [3.8, 4) is 10.7 Å². The minimum absolute atomic E-state index is 0.464. The van der Waals surface area contributed by atoms with Gasteiger partial charge in [-0.05, 0) is 23.8 Å². The van der Waals surface area contributed by atoms with E-state index in [1.54, 1.807) is 17.5 Å². The van der Waals surface area contributed by atoms with Crippen molar-refractivity contribution in [3.63, 3.8) is 0 Å². The summed E-state index contributed by atoms with van der Waals surface area (Å²) < 4.78 is 0. The Balaban J connectivity index is 1.68. The fourth-order valence-corrected chi connectivity index (χ4v) is 2.64. The van der Waals surface area contributed by atoms with E-state index >= 15 is 0 Å². The number of rotatable bonds is 6. The molecule has 5 nitrogen and oxygen atoms in total. The van der Waals surface area contributed by atoms with Gasteiger partial charge in [0.1, 0.15) is 22.3 Å². The summed E-state index contributed by atoms with van der Waals surface area (Å²) in [4.78, 5) is 13.3. The van der Waals surface area contributed by atoms with Crippen molar-refractivity contribution in [2.24, 2.45) is 0 Å². The Kier molecular flexibility index (Phi) is 4.95. The standard InChI is InChI=1S/C17H19N5S/c1-12(2)19-10-13-6-7-15(20-11-13)22-16-5-3-4-14(21-16)17-18-8-9-23-17/h3-9,11-12,19H,10H2,1-2H3,(H,20,21,22). The van der Waals surface area contributed by atoms with Crippen LogP contribution in [0.3, 0.4) is 0 Å². The van der Waals surface area contributed by atoms with Gasteiger partial charge in [0, 0.05) is 30.4 Å². The maximum absolute atomic E-state index is 4.58. The average Bonchev–Trinajstić information content (AvgIpc) is 3.09. The normalized spacial score (nSPS) is 10.9. The number of nitrogens with one attached hydrogen (secondary N) is 2. The lowest BCUT2D eigenvalue weighted by atomic mass is 10.2. The summed E-state index contributed by atoms with van der Waals surface area (Å²) in [7, 11) is 0. The summed E-state index contributed by atoms with van der Waals surface area (Å²) in [5, 5.41) is 9.47. The SMILES string of the molecule is CC(C)NCc1ccc(Nc2cccc(-c3nccs3)n2)nc1. The molecule has 3 rings (SSSR count). The van der Waals surface area contributed by atoms with Crippen molar-refractivity contribution >= 4 is 23.0 Å². The largest absolute Gasteiger partial charge is 0.325 e. The van der Waals surface area contributed by atoms with Crippen molar-refractivity contribution in [1.82, 2.24) is 20.3 Å². The van der Waals surface area contributed by atoms with Crippen molar-refractivity contribution < 1.29 is 0 Å². The van der Waals surface area contributed by atoms with Gasteiger partial charge in [-0.1, -0.05) is 26.0 Å². The molecular weight excluding hydrogens is 306 g/mol. The smallest absolute Gasteiger partial charge is 0.141 e. The monoisotopic (exact) mass is 325 g/mol. The van der Waals surface area contributed by atoms with Crippen LogP contribution in [0.5, 0.6) is 0 Å². The summed E-state index contributed by atoms with van der Waals surface area (Å²) in [5.41, 5.74) is 2.02. The number of hydrogen-bond donors (Lipinski definition) is 2. The molecule has 0 aromatic carbocycles. The highest BCUT2D eigenvalue weighted by Crippen LogP contribution is 2.22. The Bertz CT molecular complexity index is 738. The average molecular weight is 325 g/mol. The van der Waals surface area contributed by atoms with E-state index in [4.69, 9.17) is 0 Å². The van der Waals surface area contributed by atoms with E-state index in [0.29, 0.717) is 6.04 Å². The van der Waals surface area contributed by atoms with Crippen LogP contribution < -0.4 is 10.6 Å². The molecular formula is C17H19N5S. The van der Waals surface area contributed by atoms with Gasteiger partial charge in [0.15, 0.2) is 0 Å². The lowest BCUT2D eigenvalue weighted by Crippen LogP contribution is -2.21. The molecule has 0 saturated heterocycles. The van der Waals surface area contributed by atoms with E-state index in [-0.39, 0.29) is 0 Å². The Hall–Kier alpha value is -2.31. The van der Waals surface area contributed by atoms with Gasteiger partial charge < -0.3 is 10.6 Å². The fourth-order valence-electron chi connectivity index (χ4n) is 2.03. The van der Waals surface area contributed by atoms with Crippen LogP contribution >= 0.6 is 11.3 Å². The van der Waals surface area contributed by atoms with Gasteiger partial charge in [-0.25, -0.2) is 15.0 Å². The van der Waals surface area contributed by atoms with E-state index in [2.05, 4.69) is 45.5 Å². The predicted octanol–water partition coefficient (Wildman–Crippen LogP) is 3.84. The lowest BCUT2D eigenvalue weighted by molar-refractivity contribution is 0.588. The molecule has 6 heteroatoms. The fraction of sp³-hybridized carbons (Fsp3) is 0.235. The Morgan fingerprint density at radius 2 is 2.00 bits per heavy atom. The maximum Gasteiger partial charge on any atom is 0.141 e. The molecule has 3 heterocycles. The highest BCUT2D eigenvalue weighted by atomic mass is 32.1. The molecule has 0 aliphatic carbocycles. The number of anilines is 2. The second-order valence-corrected chi connectivity index (χ2v) is 6.35. The minimum Gasteiger partial charge on any atom is -0.325 e. The maximum atomic E-state index is 4.58. The number of hydrogen-bond acceptors (Lipinski definition) is 6. The van der Waals surface area contributed by atoms with E-state index in [1.807, 2.05) is 35.8 Å². The second-order valence-electron chi connectivity index (χ2n) is 5.46. The molecule has 0 atom stereocenters. The molecule has 0 spiro atoms. The summed E-state index contributed by atoms with van der Waals surface area (Å²) >= 11 is 1.58. The highest BCUT2D eigenvalue weighted by Gasteiger charge is 2.04. The number of pyridine rings is 2. The first-order valence-electron chi connectivity index (χ1n) is 7.53. The predicted molar refractivity (Wildman–Crippen MR) is 94.8 cm³/mol. The zero-order valence-corrected chi connectivity index (χ0v) is 14.0. The van der Waals surface area contributed by atoms with Crippen LogP contribution in [0.1, 0.15) is 19.4 Å². The molecule has 0 aliphatic heterocycles. The van der Waals surface area contributed by atoms with Crippen LogP contribution in [-0.4, -0.2) is 21.0 Å². The first-order valence-corrected chi connectivity index (χ1v) is 8.41. The molecule has 118 valence electrons. The van der Waals surface area contributed by atoms with Gasteiger partial charge in [0.2, 0.25) is 0 Å². The van der Waals surface area contributed by atoms with Crippen LogP contribution in [0.15, 0.2) is 48.1 Å². The van der Waals surface area contributed by atoms with Crippen molar-refractivity contribution in [2.75, 3.05) is 5.32 Å². The van der Waals surface area contributed by atoms with Crippen molar-refractivity contribution in [3.05, 3.63) is 53.7 Å². The molecule has 3 aromatic rings. The molecule has 0 unspecified atom stereocenters. The minimum atomic E-state index is 0.464. The molecule has 2 N–H and O–H groups in total. The lowest BCUT2D eigenvalue weighted by Gasteiger charge is -2.09. The Morgan fingerprint density at radius 1 is 1.09 bits per heavy atom. The first-order chi connectivity index (χ1) is 11.2. The molecule has 23 heavy (non-hydrogen) atoms. The summed E-state index contributed by atoms with van der Waals surface area (Å²) in [6, 6.07) is 10.3. The molecule has 0 saturated carbocycles. The number of nitrogens with zero attached hydrogens (tertiary/aromatic N) is 3. The molecule has 0 fully saturated rings. The Morgan fingerprint density at radius 3 is 2.70 bits per heavy atom. The van der Waals surface area contributed by atoms with Gasteiger partial charge >= 0.3 is 0 Å². The van der Waals surface area contributed by atoms with E-state index in [0.717, 1.165) is 34.4 Å².